The van der Waals surface area contributed by atoms with Crippen molar-refractivity contribution in [2.45, 2.75) is 6.42 Å². The molecule has 0 amide bonds. The molecule has 9 heteroatoms. The van der Waals surface area contributed by atoms with E-state index in [1.54, 1.807) is 0 Å². The lowest BCUT2D eigenvalue weighted by Crippen LogP contribution is -2.50. The Hall–Kier alpha value is -6.88. The van der Waals surface area contributed by atoms with Crippen LogP contribution in [0.1, 0.15) is 5.56 Å². The molecule has 0 aliphatic rings. The van der Waals surface area contributed by atoms with Gasteiger partial charge >= 0.3 is 0 Å². The maximum Gasteiger partial charge on any atom is 0.155 e. The maximum atomic E-state index is 7.09. The fourth-order valence-electron chi connectivity index (χ4n) is 11.6. The second-order valence-corrected chi connectivity index (χ2v) is 18.5. The van der Waals surface area contributed by atoms with Crippen LogP contribution < -0.4 is 43.4 Å². The molecule has 0 saturated carbocycles. The molecule has 1 aromatic heterocycles. The summed E-state index contributed by atoms with van der Waals surface area (Å²) in [5, 5.41) is 20.3. The normalized spacial score (nSPS) is 13.1. The number of rotatable bonds is 4. The number of terminal acetylenes is 1. The lowest BCUT2D eigenvalue weighted by atomic mass is 9.61. The van der Waals surface area contributed by atoms with Gasteiger partial charge in [-0.2, -0.15) is 0 Å². The highest BCUT2D eigenvalue weighted by molar-refractivity contribution is 6.71. The highest BCUT2D eigenvalue weighted by Crippen LogP contribution is 2.44. The van der Waals surface area contributed by atoms with Gasteiger partial charge in [-0.3, -0.25) is 0 Å². The molecule has 0 spiro atoms. The molecule has 12 aromatic rings. The van der Waals surface area contributed by atoms with Gasteiger partial charge in [0.05, 0.1) is 0 Å². The molecule has 290 valence electrons. The van der Waals surface area contributed by atoms with Crippen molar-refractivity contribution < 1.29 is 4.42 Å². The fourth-order valence-corrected chi connectivity index (χ4v) is 11.6. The molecule has 0 radical (unpaired) electrons. The van der Waals surface area contributed by atoms with Crippen LogP contribution in [0.2, 0.25) is 0 Å². The molecular weight excluding hydrogens is 763 g/mol. The predicted octanol–water partition coefficient (Wildman–Crippen LogP) is 0.624. The third kappa shape index (κ3) is 5.32. The van der Waals surface area contributed by atoms with Crippen LogP contribution in [0.15, 0.2) is 132 Å². The molecule has 0 aliphatic carbocycles. The summed E-state index contributed by atoms with van der Waals surface area (Å²) in [6.07, 6.45) is 6.96. The van der Waals surface area contributed by atoms with Gasteiger partial charge in [-0.1, -0.05) is 155 Å². The minimum Gasteiger partial charge on any atom is -0.455 e. The van der Waals surface area contributed by atoms with Crippen molar-refractivity contribution in [1.29, 1.82) is 0 Å². The Morgan fingerprint density at radius 3 is 1.50 bits per heavy atom. The third-order valence-electron chi connectivity index (χ3n) is 15.3. The molecule has 0 aliphatic heterocycles. The van der Waals surface area contributed by atoms with Crippen LogP contribution in [0.4, 0.5) is 0 Å². The first kappa shape index (κ1) is 38.8. The summed E-state index contributed by atoms with van der Waals surface area (Å²) in [7, 11) is 17.9. The summed E-state index contributed by atoms with van der Waals surface area (Å²) < 4.78 is 7.09. The van der Waals surface area contributed by atoms with E-state index in [2.05, 4.69) is 188 Å². The first-order valence-corrected chi connectivity index (χ1v) is 22.6. The van der Waals surface area contributed by atoms with Crippen molar-refractivity contribution in [1.82, 2.24) is 0 Å². The molecule has 0 saturated heterocycles. The van der Waals surface area contributed by atoms with Gasteiger partial charge in [0.25, 0.3) is 0 Å². The Morgan fingerprint density at radius 1 is 0.453 bits per heavy atom. The Bertz CT molecular complexity index is 4180. The first-order chi connectivity index (χ1) is 31.0. The summed E-state index contributed by atoms with van der Waals surface area (Å²) in [6, 6.07) is 48.2. The van der Waals surface area contributed by atoms with Crippen LogP contribution in [0.25, 0.3) is 120 Å². The Morgan fingerprint density at radius 2 is 0.922 bits per heavy atom. The standard InChI is InChI=1S/C55H40B8O/c1-2-38(56)54-44(46-50(60)48(58)45-47(55(46)64-54)51(61)53(63)52(62)49(45)59)39(57)24-32-14-13-31(33-19-15-29-11-9-25-5-3-7-27-17-21-35(33)42(29)40(25)27)23-37(32)34-20-16-30-12-10-26-6-4-8-28-18-22-36(34)43(30)41(26)28/h1,3-23H,24,56-63H2/b44-39+,54-38-. The molecule has 0 N–H and O–H groups in total. The summed E-state index contributed by atoms with van der Waals surface area (Å²) in [4.78, 5) is 0. The van der Waals surface area contributed by atoms with E-state index in [-0.39, 0.29) is 0 Å². The predicted molar refractivity (Wildman–Crippen MR) is 303 cm³/mol. The lowest BCUT2D eigenvalue weighted by molar-refractivity contribution is 0.578. The summed E-state index contributed by atoms with van der Waals surface area (Å²) in [5.74, 6) is 2.98. The number of fused-ring (bicyclic) bond motifs is 3. The second-order valence-electron chi connectivity index (χ2n) is 18.5. The van der Waals surface area contributed by atoms with E-state index in [0.29, 0.717) is 0 Å². The highest BCUT2D eigenvalue weighted by atomic mass is 16.3. The zero-order chi connectivity index (χ0) is 43.9. The van der Waals surface area contributed by atoms with Gasteiger partial charge in [-0.05, 0) is 110 Å². The van der Waals surface area contributed by atoms with Crippen molar-refractivity contribution in [2.24, 2.45) is 0 Å². The van der Waals surface area contributed by atoms with E-state index in [4.69, 9.17) is 10.8 Å². The van der Waals surface area contributed by atoms with Gasteiger partial charge in [-0.25, -0.2) is 0 Å². The summed E-state index contributed by atoms with van der Waals surface area (Å²) >= 11 is 0. The van der Waals surface area contributed by atoms with Crippen LogP contribution in [-0.2, 0) is 6.42 Å². The highest BCUT2D eigenvalue weighted by Gasteiger charge is 2.22. The zero-order valence-electron chi connectivity index (χ0n) is 37.8. The Labute approximate surface area is 379 Å². The smallest absolute Gasteiger partial charge is 0.155 e. The maximum absolute atomic E-state index is 7.09. The van der Waals surface area contributed by atoms with Crippen molar-refractivity contribution in [3.05, 3.63) is 144 Å². The van der Waals surface area contributed by atoms with Crippen LogP contribution in [0.3, 0.4) is 0 Å². The molecule has 0 atom stereocenters. The van der Waals surface area contributed by atoms with Gasteiger partial charge in [0, 0.05) is 21.5 Å². The molecule has 0 fully saturated rings. The summed E-state index contributed by atoms with van der Waals surface area (Å²) in [6.45, 7) is 0. The quantitative estimate of drug-likeness (QED) is 0.145. The number of benzene rings is 11. The average Bonchev–Trinajstić information content (AvgIpc) is 3.73. The minimum atomic E-state index is 0.719. The van der Waals surface area contributed by atoms with Crippen LogP contribution in [0.5, 0.6) is 0 Å². The van der Waals surface area contributed by atoms with Crippen molar-refractivity contribution in [2.75, 3.05) is 0 Å². The molecule has 0 bridgehead atoms. The van der Waals surface area contributed by atoms with Crippen LogP contribution in [-0.4, -0.2) is 62.8 Å². The molecule has 64 heavy (non-hydrogen) atoms. The molecule has 1 heterocycles. The number of hydrogen-bond donors (Lipinski definition) is 0. The van der Waals surface area contributed by atoms with Gasteiger partial charge in [0.2, 0.25) is 0 Å². The van der Waals surface area contributed by atoms with E-state index >= 15 is 0 Å². The van der Waals surface area contributed by atoms with E-state index < -0.39 is 0 Å². The second kappa shape index (κ2) is 14.1. The third-order valence-corrected chi connectivity index (χ3v) is 15.3. The van der Waals surface area contributed by atoms with E-state index in [9.17, 15) is 0 Å². The molecule has 1 nitrogen and oxygen atoms in total. The van der Waals surface area contributed by atoms with Crippen molar-refractivity contribution in [3.63, 3.8) is 0 Å². The van der Waals surface area contributed by atoms with Crippen molar-refractivity contribution in [3.8, 4) is 34.6 Å². The molecule has 12 rings (SSSR count). The van der Waals surface area contributed by atoms with Crippen LogP contribution in [0, 0.1) is 12.3 Å². The minimum absolute atomic E-state index is 0.719. The van der Waals surface area contributed by atoms with Gasteiger partial charge in [-0.15, -0.1) is 17.3 Å². The van der Waals surface area contributed by atoms with E-state index in [1.807, 2.05) is 7.85 Å². The molecule has 11 aromatic carbocycles. The lowest BCUT2D eigenvalue weighted by Gasteiger charge is -2.20. The molecule has 0 unspecified atom stereocenters. The van der Waals surface area contributed by atoms with Gasteiger partial charge < -0.3 is 4.42 Å². The Balaban J connectivity index is 1.16. The van der Waals surface area contributed by atoms with Gasteiger partial charge in [0.15, 0.2) is 7.85 Å². The number of furan rings is 1. The van der Waals surface area contributed by atoms with E-state index in [1.165, 1.54) is 147 Å². The van der Waals surface area contributed by atoms with Crippen molar-refractivity contribution >= 4 is 193 Å². The topological polar surface area (TPSA) is 13.1 Å². The SMILES string of the molecule is B/C(Cc1ccc(-c2ccc3ccc4cccc5ccc2c3c45)cc1-c1ccc2ccc3cccc4ccc1c2c34)=c1/c(=C(/B)C#C)oc2c1c(B)c(B)c1c(B)c(B)c(B)c(B)c12. The van der Waals surface area contributed by atoms with Gasteiger partial charge in [0.1, 0.15) is 65.9 Å². The largest absolute Gasteiger partial charge is 0.455 e. The van der Waals surface area contributed by atoms with E-state index in [0.717, 1.165) is 28.1 Å². The summed E-state index contributed by atoms with van der Waals surface area (Å²) in [5.41, 5.74) is 17.8. The zero-order valence-corrected chi connectivity index (χ0v) is 37.8. The average molecular weight is 803 g/mol. The number of hydrogen-bond acceptors (Lipinski definition) is 1. The fraction of sp³-hybridized carbons (Fsp3) is 0.0182. The molecular formula is C55H40B8O. The monoisotopic (exact) mass is 804 g/mol. The van der Waals surface area contributed by atoms with Crippen LogP contribution >= 0.6 is 0 Å². The first-order valence-electron chi connectivity index (χ1n) is 22.6. The Kier molecular flexibility index (Phi) is 8.52.